The topological polar surface area (TPSA) is 92.6 Å². The van der Waals surface area contributed by atoms with E-state index in [0.29, 0.717) is 24.3 Å². The third-order valence-corrected chi connectivity index (χ3v) is 4.08. The Balaban J connectivity index is 2.18. The van der Waals surface area contributed by atoms with Crippen molar-refractivity contribution in [2.24, 2.45) is 0 Å². The highest BCUT2D eigenvalue weighted by Crippen LogP contribution is 2.24. The number of benzene rings is 2. The van der Waals surface area contributed by atoms with Crippen molar-refractivity contribution in [3.63, 3.8) is 0 Å². The van der Waals surface area contributed by atoms with Crippen LogP contribution in [0.25, 0.3) is 0 Å². The molecule has 26 heavy (non-hydrogen) atoms. The van der Waals surface area contributed by atoms with Gasteiger partial charge in [-0.25, -0.2) is 0 Å². The van der Waals surface area contributed by atoms with E-state index < -0.39 is 10.8 Å². The SMILES string of the molecule is CCN(CC)C(=O)c1ccc(NC(=O)c2ccc(Cl)cc2[N+](=O)[O-])cc1. The predicted molar refractivity (Wildman–Crippen MR) is 99.8 cm³/mol. The summed E-state index contributed by atoms with van der Waals surface area (Å²) in [6, 6.07) is 10.2. The van der Waals surface area contributed by atoms with Crippen LogP contribution in [0.15, 0.2) is 42.5 Å². The van der Waals surface area contributed by atoms with Crippen LogP contribution in [0.4, 0.5) is 11.4 Å². The molecule has 7 nitrogen and oxygen atoms in total. The third-order valence-electron chi connectivity index (χ3n) is 3.84. The lowest BCUT2D eigenvalue weighted by molar-refractivity contribution is -0.385. The van der Waals surface area contributed by atoms with Gasteiger partial charge in [-0.15, -0.1) is 0 Å². The first-order valence-electron chi connectivity index (χ1n) is 8.02. The minimum atomic E-state index is -0.660. The van der Waals surface area contributed by atoms with E-state index >= 15 is 0 Å². The Bertz CT molecular complexity index is 833. The number of nitro groups is 1. The van der Waals surface area contributed by atoms with E-state index in [9.17, 15) is 19.7 Å². The molecule has 0 saturated carbocycles. The van der Waals surface area contributed by atoms with E-state index in [-0.39, 0.29) is 22.2 Å². The first-order chi connectivity index (χ1) is 12.4. The molecule has 0 bridgehead atoms. The zero-order valence-corrected chi connectivity index (χ0v) is 15.1. The molecule has 1 N–H and O–H groups in total. The normalized spacial score (nSPS) is 10.3. The number of hydrogen-bond donors (Lipinski definition) is 1. The van der Waals surface area contributed by atoms with Gasteiger partial charge in [0, 0.05) is 35.4 Å². The summed E-state index contributed by atoms with van der Waals surface area (Å²) < 4.78 is 0. The second-order valence-corrected chi connectivity index (χ2v) is 5.86. The number of carbonyl (C=O) groups excluding carboxylic acids is 2. The van der Waals surface area contributed by atoms with Gasteiger partial charge in [0.2, 0.25) is 0 Å². The van der Waals surface area contributed by atoms with Gasteiger partial charge in [0.05, 0.1) is 4.92 Å². The molecule has 0 fully saturated rings. The van der Waals surface area contributed by atoms with Gasteiger partial charge >= 0.3 is 0 Å². The van der Waals surface area contributed by atoms with Gasteiger partial charge in [-0.1, -0.05) is 11.6 Å². The van der Waals surface area contributed by atoms with Gasteiger partial charge in [0.15, 0.2) is 0 Å². The van der Waals surface area contributed by atoms with Gasteiger partial charge in [-0.2, -0.15) is 0 Å². The van der Waals surface area contributed by atoms with Crippen LogP contribution >= 0.6 is 11.6 Å². The summed E-state index contributed by atoms with van der Waals surface area (Å²) in [7, 11) is 0. The molecular formula is C18H18ClN3O4. The number of anilines is 1. The van der Waals surface area contributed by atoms with Crippen molar-refractivity contribution >= 4 is 34.8 Å². The summed E-state index contributed by atoms with van der Waals surface area (Å²) in [5.74, 6) is -0.725. The maximum absolute atomic E-state index is 12.3. The van der Waals surface area contributed by atoms with Crippen molar-refractivity contribution < 1.29 is 14.5 Å². The van der Waals surface area contributed by atoms with Crippen molar-refractivity contribution in [2.75, 3.05) is 18.4 Å². The van der Waals surface area contributed by atoms with Crippen LogP contribution in [0.3, 0.4) is 0 Å². The molecule has 2 rings (SSSR count). The Morgan fingerprint density at radius 1 is 1.12 bits per heavy atom. The third kappa shape index (κ3) is 4.37. The fraction of sp³-hybridized carbons (Fsp3) is 0.222. The fourth-order valence-electron chi connectivity index (χ4n) is 2.44. The highest BCUT2D eigenvalue weighted by molar-refractivity contribution is 6.31. The maximum Gasteiger partial charge on any atom is 0.283 e. The molecule has 0 aliphatic carbocycles. The summed E-state index contributed by atoms with van der Waals surface area (Å²) in [6.45, 7) is 5.01. The molecule has 0 heterocycles. The molecule has 2 aromatic carbocycles. The van der Waals surface area contributed by atoms with Crippen LogP contribution in [0, 0.1) is 10.1 Å². The number of hydrogen-bond acceptors (Lipinski definition) is 4. The molecule has 0 atom stereocenters. The zero-order chi connectivity index (χ0) is 19.3. The molecule has 0 unspecified atom stereocenters. The summed E-state index contributed by atoms with van der Waals surface area (Å²) >= 11 is 5.75. The number of nitrogens with one attached hydrogen (secondary N) is 1. The van der Waals surface area contributed by atoms with Crippen LogP contribution in [-0.4, -0.2) is 34.7 Å². The Morgan fingerprint density at radius 3 is 2.27 bits per heavy atom. The second kappa shape index (κ2) is 8.44. The smallest absolute Gasteiger partial charge is 0.283 e. The number of halogens is 1. The molecule has 0 aliphatic rings. The quantitative estimate of drug-likeness (QED) is 0.610. The Morgan fingerprint density at radius 2 is 1.73 bits per heavy atom. The van der Waals surface area contributed by atoms with Gasteiger partial charge < -0.3 is 10.2 Å². The number of rotatable bonds is 6. The molecule has 0 saturated heterocycles. The van der Waals surface area contributed by atoms with Crippen molar-refractivity contribution in [2.45, 2.75) is 13.8 Å². The summed E-state index contributed by atoms with van der Waals surface area (Å²) in [5.41, 5.74) is 0.463. The number of amides is 2. The number of carbonyl (C=O) groups is 2. The predicted octanol–water partition coefficient (Wildman–Crippen LogP) is 3.98. The molecule has 2 amide bonds. The van der Waals surface area contributed by atoms with E-state index in [2.05, 4.69) is 5.32 Å². The monoisotopic (exact) mass is 375 g/mol. The largest absolute Gasteiger partial charge is 0.339 e. The molecule has 0 aromatic heterocycles. The molecule has 0 radical (unpaired) electrons. The molecule has 2 aromatic rings. The van der Waals surface area contributed by atoms with Crippen LogP contribution in [0.5, 0.6) is 0 Å². The number of nitro benzene ring substituents is 1. The zero-order valence-electron chi connectivity index (χ0n) is 14.4. The molecule has 136 valence electrons. The first kappa shape index (κ1) is 19.4. The second-order valence-electron chi connectivity index (χ2n) is 5.43. The fourth-order valence-corrected chi connectivity index (χ4v) is 2.60. The highest BCUT2D eigenvalue weighted by atomic mass is 35.5. The van der Waals surface area contributed by atoms with Crippen molar-refractivity contribution in [1.82, 2.24) is 4.90 Å². The van der Waals surface area contributed by atoms with Crippen LogP contribution < -0.4 is 5.32 Å². The molecular weight excluding hydrogens is 358 g/mol. The van der Waals surface area contributed by atoms with E-state index in [1.807, 2.05) is 13.8 Å². The lowest BCUT2D eigenvalue weighted by atomic mass is 10.1. The average molecular weight is 376 g/mol. The van der Waals surface area contributed by atoms with Gasteiger partial charge in [-0.05, 0) is 50.2 Å². The average Bonchev–Trinajstić information content (AvgIpc) is 2.63. The summed E-state index contributed by atoms with van der Waals surface area (Å²) in [5, 5.41) is 13.9. The van der Waals surface area contributed by atoms with E-state index in [0.717, 1.165) is 6.07 Å². The first-order valence-corrected chi connectivity index (χ1v) is 8.39. The van der Waals surface area contributed by atoms with E-state index in [1.54, 1.807) is 29.2 Å². The lowest BCUT2D eigenvalue weighted by Gasteiger charge is -2.18. The van der Waals surface area contributed by atoms with Crippen molar-refractivity contribution in [1.29, 1.82) is 0 Å². The minimum absolute atomic E-state index is 0.0947. The van der Waals surface area contributed by atoms with E-state index in [1.165, 1.54) is 12.1 Å². The van der Waals surface area contributed by atoms with Gasteiger partial charge in [0.25, 0.3) is 17.5 Å². The van der Waals surface area contributed by atoms with Crippen LogP contribution in [-0.2, 0) is 0 Å². The summed E-state index contributed by atoms with van der Waals surface area (Å²) in [4.78, 5) is 36.7. The van der Waals surface area contributed by atoms with Crippen LogP contribution in [0.2, 0.25) is 5.02 Å². The number of nitrogens with zero attached hydrogens (tertiary/aromatic N) is 2. The molecule has 8 heteroatoms. The standard InChI is InChI=1S/C18H18ClN3O4/c1-3-21(4-2)18(24)12-5-8-14(9-6-12)20-17(23)15-10-7-13(19)11-16(15)22(25)26/h5-11H,3-4H2,1-2H3,(H,20,23). The molecule has 0 spiro atoms. The Hall–Kier alpha value is -2.93. The highest BCUT2D eigenvalue weighted by Gasteiger charge is 2.21. The summed E-state index contributed by atoms with van der Waals surface area (Å²) in [6.07, 6.45) is 0. The van der Waals surface area contributed by atoms with Crippen molar-refractivity contribution in [3.05, 3.63) is 68.7 Å². The van der Waals surface area contributed by atoms with E-state index in [4.69, 9.17) is 11.6 Å². The van der Waals surface area contributed by atoms with Gasteiger partial charge in [0.1, 0.15) is 5.56 Å². The Labute approximate surface area is 155 Å². The van der Waals surface area contributed by atoms with Crippen LogP contribution in [0.1, 0.15) is 34.6 Å². The van der Waals surface area contributed by atoms with Crippen molar-refractivity contribution in [3.8, 4) is 0 Å². The lowest BCUT2D eigenvalue weighted by Crippen LogP contribution is -2.30. The Kier molecular flexibility index (Phi) is 6.30. The minimum Gasteiger partial charge on any atom is -0.339 e. The maximum atomic E-state index is 12.3. The molecule has 0 aliphatic heterocycles. The van der Waals surface area contributed by atoms with Gasteiger partial charge in [-0.3, -0.25) is 19.7 Å².